The van der Waals surface area contributed by atoms with Gasteiger partial charge in [-0.25, -0.2) is 4.98 Å². The number of nitrogens with zero attached hydrogens (tertiary/aromatic N) is 2. The maximum atomic E-state index is 11.8. The minimum atomic E-state index is -0.366. The fourth-order valence-electron chi connectivity index (χ4n) is 2.61. The van der Waals surface area contributed by atoms with Gasteiger partial charge in [0.05, 0.1) is 22.3 Å². The number of rotatable bonds is 4. The first-order valence-corrected chi connectivity index (χ1v) is 9.32. The van der Waals surface area contributed by atoms with E-state index in [9.17, 15) is 14.4 Å². The highest BCUT2D eigenvalue weighted by Gasteiger charge is 2.28. The van der Waals surface area contributed by atoms with Crippen LogP contribution in [-0.4, -0.2) is 41.8 Å². The van der Waals surface area contributed by atoms with Crippen molar-refractivity contribution in [3.05, 3.63) is 16.0 Å². The number of aromatic nitrogens is 1. The zero-order valence-corrected chi connectivity index (χ0v) is 14.7. The third kappa shape index (κ3) is 3.78. The average molecular weight is 367 g/mol. The van der Waals surface area contributed by atoms with Crippen LogP contribution in [0.15, 0.2) is 11.1 Å². The molecule has 0 aliphatic carbocycles. The van der Waals surface area contributed by atoms with Gasteiger partial charge in [-0.05, 0) is 37.6 Å². The lowest BCUT2D eigenvalue weighted by Crippen LogP contribution is -2.36. The number of carbonyl (C=O) groups is 3. The molecule has 0 aromatic carbocycles. The van der Waals surface area contributed by atoms with E-state index in [0.29, 0.717) is 11.5 Å². The minimum absolute atomic E-state index is 0.0349. The number of esters is 1. The van der Waals surface area contributed by atoms with Crippen molar-refractivity contribution < 1.29 is 19.1 Å². The summed E-state index contributed by atoms with van der Waals surface area (Å²) in [5.41, 5.74) is 0. The second kappa shape index (κ2) is 7.35. The summed E-state index contributed by atoms with van der Waals surface area (Å²) in [5.74, 6) is -0.516. The van der Waals surface area contributed by atoms with Crippen molar-refractivity contribution in [1.82, 2.24) is 10.3 Å². The van der Waals surface area contributed by atoms with Crippen LogP contribution >= 0.6 is 23.1 Å². The number of hydrogen-bond donors (Lipinski definition) is 1. The van der Waals surface area contributed by atoms with Crippen molar-refractivity contribution in [3.8, 4) is 0 Å². The monoisotopic (exact) mass is 367 g/mol. The largest absolute Gasteiger partial charge is 0.466 e. The molecule has 7 nitrogen and oxygen atoms in total. The molecule has 24 heavy (non-hydrogen) atoms. The first kappa shape index (κ1) is 17.0. The van der Waals surface area contributed by atoms with Gasteiger partial charge in [0, 0.05) is 19.3 Å². The normalized spacial score (nSPS) is 20.5. The molecule has 2 saturated heterocycles. The van der Waals surface area contributed by atoms with E-state index in [1.165, 1.54) is 11.3 Å². The fourth-order valence-corrected chi connectivity index (χ4v) is 4.26. The number of anilines is 1. The topological polar surface area (TPSA) is 88.6 Å². The van der Waals surface area contributed by atoms with Gasteiger partial charge in [0.15, 0.2) is 5.13 Å². The third-order valence-corrected chi connectivity index (χ3v) is 5.63. The molecule has 3 heterocycles. The number of carbonyl (C=O) groups excluding carboxylic acids is 3. The molecule has 0 bridgehead atoms. The first-order valence-electron chi connectivity index (χ1n) is 7.69. The zero-order valence-electron chi connectivity index (χ0n) is 13.1. The van der Waals surface area contributed by atoms with Crippen molar-refractivity contribution in [2.45, 2.75) is 19.8 Å². The minimum Gasteiger partial charge on any atom is -0.466 e. The van der Waals surface area contributed by atoms with Gasteiger partial charge < -0.3 is 9.64 Å². The summed E-state index contributed by atoms with van der Waals surface area (Å²) in [5, 5.41) is 2.74. The van der Waals surface area contributed by atoms with Crippen molar-refractivity contribution in [2.75, 3.05) is 24.6 Å². The molecular weight excluding hydrogens is 350 g/mol. The Morgan fingerprint density at radius 1 is 1.46 bits per heavy atom. The zero-order chi connectivity index (χ0) is 17.1. The quantitative estimate of drug-likeness (QED) is 0.645. The Balaban J connectivity index is 1.61. The number of ether oxygens (including phenoxy) is 1. The van der Waals surface area contributed by atoms with Crippen LogP contribution < -0.4 is 10.2 Å². The fraction of sp³-hybridized carbons (Fsp3) is 0.467. The summed E-state index contributed by atoms with van der Waals surface area (Å²) < 4.78 is 5.07. The average Bonchev–Trinajstić information content (AvgIpc) is 3.15. The van der Waals surface area contributed by atoms with Crippen LogP contribution in [0.5, 0.6) is 0 Å². The molecule has 0 unspecified atom stereocenters. The SMILES string of the molecule is CCOC(=O)C1CCN(c2ncc(/C=C3\SC(=O)NC3=O)s2)CC1. The molecule has 0 radical (unpaired) electrons. The van der Waals surface area contributed by atoms with E-state index in [1.807, 2.05) is 6.92 Å². The van der Waals surface area contributed by atoms with Crippen LogP contribution in [0, 0.1) is 5.92 Å². The van der Waals surface area contributed by atoms with E-state index in [2.05, 4.69) is 15.2 Å². The Hall–Kier alpha value is -1.87. The number of thiazole rings is 1. The molecule has 2 fully saturated rings. The van der Waals surface area contributed by atoms with Gasteiger partial charge >= 0.3 is 5.97 Å². The lowest BCUT2D eigenvalue weighted by atomic mass is 9.97. The highest BCUT2D eigenvalue weighted by atomic mass is 32.2. The summed E-state index contributed by atoms with van der Waals surface area (Å²) in [4.78, 5) is 42.2. The number of piperidine rings is 1. The Labute approximate surface area is 147 Å². The summed E-state index contributed by atoms with van der Waals surface area (Å²) in [6.45, 7) is 3.73. The molecule has 0 atom stereocenters. The molecule has 2 aliphatic heterocycles. The van der Waals surface area contributed by atoms with Gasteiger partial charge in [0.1, 0.15) is 0 Å². The lowest BCUT2D eigenvalue weighted by molar-refractivity contribution is -0.148. The second-order valence-corrected chi connectivity index (χ2v) is 7.47. The number of amides is 2. The molecule has 128 valence electrons. The predicted octanol–water partition coefficient (Wildman–Crippen LogP) is 2.25. The van der Waals surface area contributed by atoms with Crippen LogP contribution in [0.4, 0.5) is 9.93 Å². The maximum Gasteiger partial charge on any atom is 0.309 e. The Kier molecular flexibility index (Phi) is 5.20. The number of hydrogen-bond acceptors (Lipinski definition) is 8. The molecule has 1 N–H and O–H groups in total. The van der Waals surface area contributed by atoms with Gasteiger partial charge in [-0.2, -0.15) is 0 Å². The third-order valence-electron chi connectivity index (χ3n) is 3.81. The van der Waals surface area contributed by atoms with Gasteiger partial charge in [0.2, 0.25) is 0 Å². The number of imide groups is 1. The van der Waals surface area contributed by atoms with E-state index < -0.39 is 0 Å². The Morgan fingerprint density at radius 2 is 2.21 bits per heavy atom. The molecule has 1 aromatic heterocycles. The highest BCUT2D eigenvalue weighted by Crippen LogP contribution is 2.31. The van der Waals surface area contributed by atoms with Gasteiger partial charge in [-0.15, -0.1) is 0 Å². The molecule has 2 aliphatic rings. The smallest absolute Gasteiger partial charge is 0.309 e. The summed E-state index contributed by atoms with van der Waals surface area (Å²) in [6, 6.07) is 0. The first-order chi connectivity index (χ1) is 11.6. The van der Waals surface area contributed by atoms with E-state index >= 15 is 0 Å². The van der Waals surface area contributed by atoms with Gasteiger partial charge in [-0.1, -0.05) is 11.3 Å². The van der Waals surface area contributed by atoms with Crippen molar-refractivity contribution in [3.63, 3.8) is 0 Å². The Morgan fingerprint density at radius 3 is 2.83 bits per heavy atom. The van der Waals surface area contributed by atoms with Crippen LogP contribution in [0.2, 0.25) is 0 Å². The summed E-state index contributed by atoms with van der Waals surface area (Å²) in [6.07, 6.45) is 4.88. The van der Waals surface area contributed by atoms with Crippen LogP contribution in [0.25, 0.3) is 6.08 Å². The van der Waals surface area contributed by atoms with Crippen molar-refractivity contribution >= 4 is 51.4 Å². The standard InChI is InChI=1S/C15H17N3O4S2/c1-2-22-13(20)9-3-5-18(6-4-9)14-16-8-10(23-14)7-11-12(19)17-15(21)24-11/h7-9H,2-6H2,1H3,(H,17,19,21)/b11-7-. The summed E-state index contributed by atoms with van der Waals surface area (Å²) >= 11 is 2.36. The molecule has 0 spiro atoms. The van der Waals surface area contributed by atoms with Crippen LogP contribution in [-0.2, 0) is 14.3 Å². The predicted molar refractivity (Wildman–Crippen MR) is 92.8 cm³/mol. The summed E-state index contributed by atoms with van der Waals surface area (Å²) in [7, 11) is 0. The molecule has 9 heteroatoms. The molecular formula is C15H17N3O4S2. The number of nitrogens with one attached hydrogen (secondary N) is 1. The van der Waals surface area contributed by atoms with Gasteiger partial charge in [0.25, 0.3) is 11.1 Å². The van der Waals surface area contributed by atoms with E-state index in [-0.39, 0.29) is 23.0 Å². The van der Waals surface area contributed by atoms with Gasteiger partial charge in [-0.3, -0.25) is 19.7 Å². The van der Waals surface area contributed by atoms with Crippen molar-refractivity contribution in [1.29, 1.82) is 0 Å². The van der Waals surface area contributed by atoms with E-state index in [1.54, 1.807) is 12.3 Å². The lowest BCUT2D eigenvalue weighted by Gasteiger charge is -2.30. The molecule has 1 aromatic rings. The van der Waals surface area contributed by atoms with Crippen LogP contribution in [0.3, 0.4) is 0 Å². The second-order valence-electron chi connectivity index (χ2n) is 5.41. The van der Waals surface area contributed by atoms with E-state index in [0.717, 1.165) is 47.7 Å². The molecule has 3 rings (SSSR count). The molecule has 2 amide bonds. The number of thioether (sulfide) groups is 1. The van der Waals surface area contributed by atoms with Crippen molar-refractivity contribution in [2.24, 2.45) is 5.92 Å². The highest BCUT2D eigenvalue weighted by molar-refractivity contribution is 8.18. The maximum absolute atomic E-state index is 11.8. The van der Waals surface area contributed by atoms with E-state index in [4.69, 9.17) is 4.74 Å². The Bertz CT molecular complexity index is 693. The van der Waals surface area contributed by atoms with Crippen LogP contribution in [0.1, 0.15) is 24.6 Å². The molecule has 0 saturated carbocycles.